The van der Waals surface area contributed by atoms with E-state index in [0.29, 0.717) is 17.3 Å². The number of nitrogens with zero attached hydrogens (tertiary/aromatic N) is 5. The van der Waals surface area contributed by atoms with Crippen LogP contribution in [-0.4, -0.2) is 36.1 Å². The zero-order valence-corrected chi connectivity index (χ0v) is 17.1. The number of hydrogen-bond donors (Lipinski definition) is 2. The van der Waals surface area contributed by atoms with Crippen LogP contribution >= 0.6 is 0 Å². The molecule has 152 valence electrons. The third-order valence-corrected chi connectivity index (χ3v) is 4.84. The van der Waals surface area contributed by atoms with Gasteiger partial charge in [-0.2, -0.15) is 4.68 Å². The lowest BCUT2D eigenvalue weighted by Gasteiger charge is -2.21. The molecule has 0 spiro atoms. The summed E-state index contributed by atoms with van der Waals surface area (Å²) < 4.78 is 1.44. The van der Waals surface area contributed by atoms with Crippen LogP contribution in [0.2, 0.25) is 0 Å². The van der Waals surface area contributed by atoms with Gasteiger partial charge in [0.15, 0.2) is 5.82 Å². The Hall–Kier alpha value is -3.81. The van der Waals surface area contributed by atoms with E-state index < -0.39 is 0 Å². The number of tetrazole rings is 1. The van der Waals surface area contributed by atoms with Crippen LogP contribution in [0.4, 0.5) is 0 Å². The van der Waals surface area contributed by atoms with Crippen LogP contribution < -0.4 is 5.32 Å². The van der Waals surface area contributed by atoms with E-state index in [2.05, 4.69) is 30.8 Å². The Morgan fingerprint density at radius 1 is 1.10 bits per heavy atom. The molecule has 0 aliphatic carbocycles. The van der Waals surface area contributed by atoms with E-state index in [4.69, 9.17) is 0 Å². The Morgan fingerprint density at radius 2 is 1.83 bits per heavy atom. The lowest BCUT2D eigenvalue weighted by atomic mass is 10.0. The molecular formula is C22H23N7O. The predicted octanol–water partition coefficient (Wildman–Crippen LogP) is 3.37. The van der Waals surface area contributed by atoms with Crippen molar-refractivity contribution in [2.45, 2.75) is 26.8 Å². The smallest absolute Gasteiger partial charge is 0.270 e. The van der Waals surface area contributed by atoms with Gasteiger partial charge in [0, 0.05) is 0 Å². The Morgan fingerprint density at radius 3 is 2.50 bits per heavy atom. The van der Waals surface area contributed by atoms with Crippen LogP contribution in [0.15, 0.2) is 54.6 Å². The molecule has 4 aromatic rings. The van der Waals surface area contributed by atoms with Gasteiger partial charge in [-0.25, -0.2) is 4.98 Å². The topological polar surface area (TPSA) is 101 Å². The average molecular weight is 401 g/mol. The number of carbonyl (C=O) groups is 1. The molecule has 8 nitrogen and oxygen atoms in total. The quantitative estimate of drug-likeness (QED) is 0.482. The standard InChI is InChI=1S/C22H23N7O/c1-14(2)20(21-23-17-11-7-8-12-18(17)24-21)25-22(30)19(29-15(3)26-27-28-29)13-16-9-5-4-6-10-16/h4-14,20H,1-3H3,(H,23,24)(H,25,30)/b19-13-/t20-/m0/s1. The molecule has 1 amide bonds. The van der Waals surface area contributed by atoms with Crippen LogP contribution in [0.1, 0.15) is 37.1 Å². The van der Waals surface area contributed by atoms with Crippen molar-refractivity contribution in [2.24, 2.45) is 5.92 Å². The third kappa shape index (κ3) is 3.98. The third-order valence-electron chi connectivity index (χ3n) is 4.84. The number of aromatic nitrogens is 6. The van der Waals surface area contributed by atoms with E-state index in [1.807, 2.05) is 68.4 Å². The minimum absolute atomic E-state index is 0.113. The first-order chi connectivity index (χ1) is 14.5. The number of H-pyrrole nitrogens is 1. The van der Waals surface area contributed by atoms with Gasteiger partial charge in [-0.1, -0.05) is 56.3 Å². The molecular weight excluding hydrogens is 378 g/mol. The van der Waals surface area contributed by atoms with Gasteiger partial charge in [0.05, 0.1) is 17.1 Å². The summed E-state index contributed by atoms with van der Waals surface area (Å²) in [4.78, 5) is 21.4. The molecule has 30 heavy (non-hydrogen) atoms. The van der Waals surface area contributed by atoms with Gasteiger partial charge >= 0.3 is 0 Å². The molecule has 2 N–H and O–H groups in total. The van der Waals surface area contributed by atoms with E-state index >= 15 is 0 Å². The maximum Gasteiger partial charge on any atom is 0.270 e. The highest BCUT2D eigenvalue weighted by Crippen LogP contribution is 2.23. The fourth-order valence-electron chi connectivity index (χ4n) is 3.27. The molecule has 2 heterocycles. The van der Waals surface area contributed by atoms with Gasteiger partial charge < -0.3 is 10.3 Å². The van der Waals surface area contributed by atoms with Crippen LogP contribution in [0.5, 0.6) is 0 Å². The van der Waals surface area contributed by atoms with Crippen LogP contribution in [0.3, 0.4) is 0 Å². The van der Waals surface area contributed by atoms with Crippen molar-refractivity contribution in [3.63, 3.8) is 0 Å². The number of imidazole rings is 1. The van der Waals surface area contributed by atoms with Crippen molar-refractivity contribution >= 4 is 28.7 Å². The second-order valence-electron chi connectivity index (χ2n) is 7.41. The fourth-order valence-corrected chi connectivity index (χ4v) is 3.27. The Bertz CT molecular complexity index is 1160. The second-order valence-corrected chi connectivity index (χ2v) is 7.41. The fraction of sp³-hybridized carbons (Fsp3) is 0.227. The maximum atomic E-state index is 13.4. The zero-order valence-electron chi connectivity index (χ0n) is 17.1. The van der Waals surface area contributed by atoms with Gasteiger partial charge in [0.25, 0.3) is 5.91 Å². The van der Waals surface area contributed by atoms with E-state index in [9.17, 15) is 4.79 Å². The first-order valence-corrected chi connectivity index (χ1v) is 9.80. The summed E-state index contributed by atoms with van der Waals surface area (Å²) in [6, 6.07) is 17.1. The molecule has 0 aliphatic rings. The summed E-state index contributed by atoms with van der Waals surface area (Å²) in [6.45, 7) is 5.84. The number of para-hydroxylation sites is 2. The van der Waals surface area contributed by atoms with Crippen molar-refractivity contribution in [3.8, 4) is 0 Å². The first kappa shape index (κ1) is 19.5. The summed E-state index contributed by atoms with van der Waals surface area (Å²) in [5.74, 6) is 1.07. The Balaban J connectivity index is 1.69. The SMILES string of the molecule is Cc1nnnn1/C(=C\c1ccccc1)C(=O)N[C@H](c1nc2ccccc2[nH]1)C(C)C. The van der Waals surface area contributed by atoms with Crippen LogP contribution in [0, 0.1) is 12.8 Å². The summed E-state index contributed by atoms with van der Waals surface area (Å²) in [5.41, 5.74) is 3.01. The highest BCUT2D eigenvalue weighted by molar-refractivity contribution is 6.18. The van der Waals surface area contributed by atoms with Crippen LogP contribution in [-0.2, 0) is 4.79 Å². The van der Waals surface area contributed by atoms with Crippen molar-refractivity contribution in [1.29, 1.82) is 0 Å². The normalized spacial score (nSPS) is 13.0. The molecule has 2 aromatic heterocycles. The Labute approximate surface area is 174 Å². The number of rotatable bonds is 6. The minimum Gasteiger partial charge on any atom is -0.340 e. The van der Waals surface area contributed by atoms with Gasteiger partial charge in [-0.05, 0) is 47.0 Å². The van der Waals surface area contributed by atoms with Crippen molar-refractivity contribution in [3.05, 3.63) is 71.8 Å². The summed E-state index contributed by atoms with van der Waals surface area (Å²) in [6.07, 6.45) is 1.77. The largest absolute Gasteiger partial charge is 0.340 e. The summed E-state index contributed by atoms with van der Waals surface area (Å²) in [7, 11) is 0. The number of aromatic amines is 1. The second kappa shape index (κ2) is 8.28. The number of carbonyl (C=O) groups excluding carboxylic acids is 1. The van der Waals surface area contributed by atoms with Gasteiger partial charge in [-0.3, -0.25) is 4.79 Å². The molecule has 0 bridgehead atoms. The molecule has 0 unspecified atom stereocenters. The molecule has 0 aliphatic heterocycles. The van der Waals surface area contributed by atoms with Crippen molar-refractivity contribution < 1.29 is 4.79 Å². The molecule has 0 radical (unpaired) electrons. The molecule has 0 saturated heterocycles. The lowest BCUT2D eigenvalue weighted by Crippen LogP contribution is -2.34. The molecule has 8 heteroatoms. The minimum atomic E-state index is -0.305. The lowest BCUT2D eigenvalue weighted by molar-refractivity contribution is -0.117. The van der Waals surface area contributed by atoms with Gasteiger partial charge in [0.2, 0.25) is 0 Å². The van der Waals surface area contributed by atoms with E-state index in [1.54, 1.807) is 13.0 Å². The summed E-state index contributed by atoms with van der Waals surface area (Å²) in [5, 5.41) is 14.7. The van der Waals surface area contributed by atoms with E-state index in [-0.39, 0.29) is 17.9 Å². The summed E-state index contributed by atoms with van der Waals surface area (Å²) >= 11 is 0. The molecule has 2 aromatic carbocycles. The number of nitrogens with one attached hydrogen (secondary N) is 2. The number of benzene rings is 2. The number of hydrogen-bond acceptors (Lipinski definition) is 5. The maximum absolute atomic E-state index is 13.4. The van der Waals surface area contributed by atoms with Crippen LogP contribution in [0.25, 0.3) is 22.8 Å². The van der Waals surface area contributed by atoms with Crippen molar-refractivity contribution in [2.75, 3.05) is 0 Å². The number of aryl methyl sites for hydroxylation is 1. The zero-order chi connectivity index (χ0) is 21.1. The van der Waals surface area contributed by atoms with Gasteiger partial charge in [0.1, 0.15) is 11.5 Å². The highest BCUT2D eigenvalue weighted by atomic mass is 16.2. The number of fused-ring (bicyclic) bond motifs is 1. The molecule has 0 fully saturated rings. The van der Waals surface area contributed by atoms with E-state index in [1.165, 1.54) is 4.68 Å². The monoisotopic (exact) mass is 401 g/mol. The molecule has 0 saturated carbocycles. The Kier molecular flexibility index (Phi) is 5.38. The molecule has 4 rings (SSSR count). The van der Waals surface area contributed by atoms with Crippen molar-refractivity contribution in [1.82, 2.24) is 35.5 Å². The average Bonchev–Trinajstić information content (AvgIpc) is 3.36. The molecule has 1 atom stereocenters. The van der Waals surface area contributed by atoms with E-state index in [0.717, 1.165) is 16.6 Å². The predicted molar refractivity (Wildman–Crippen MR) is 115 cm³/mol. The van der Waals surface area contributed by atoms with Gasteiger partial charge in [-0.15, -0.1) is 5.10 Å². The highest BCUT2D eigenvalue weighted by Gasteiger charge is 2.25. The number of amides is 1. The first-order valence-electron chi connectivity index (χ1n) is 9.80.